The number of benzene rings is 1. The largest absolute Gasteiger partial charge is 0.375 e. The molecule has 7 heteroatoms. The number of rotatable bonds is 7. The molecule has 2 atom stereocenters. The van der Waals surface area contributed by atoms with Crippen molar-refractivity contribution in [2.45, 2.75) is 25.0 Å². The molecule has 176 valence electrons. The molecule has 3 aromatic rings. The fourth-order valence-electron chi connectivity index (χ4n) is 4.27. The fourth-order valence-corrected chi connectivity index (χ4v) is 4.27. The molecule has 0 radical (unpaired) electrons. The summed E-state index contributed by atoms with van der Waals surface area (Å²) in [5, 5.41) is 8.09. The molecular formula is C27H31N5O2. The minimum absolute atomic E-state index is 0.0247. The smallest absolute Gasteiger partial charge is 0.247 e. The van der Waals surface area contributed by atoms with Gasteiger partial charge in [0.1, 0.15) is 12.2 Å². The molecule has 1 fully saturated rings. The molecule has 2 aliphatic rings. The minimum atomic E-state index is -0.200. The molecule has 0 amide bonds. The maximum atomic E-state index is 6.47. The Hall–Kier alpha value is -3.26. The first kappa shape index (κ1) is 22.5. The number of hydrogen-bond donors (Lipinski definition) is 1. The van der Waals surface area contributed by atoms with Crippen LogP contribution in [0.25, 0.3) is 11.7 Å². The van der Waals surface area contributed by atoms with Crippen LogP contribution < -0.4 is 5.32 Å². The van der Waals surface area contributed by atoms with Crippen molar-refractivity contribution in [3.8, 4) is 0 Å². The van der Waals surface area contributed by atoms with Gasteiger partial charge in [0, 0.05) is 12.2 Å². The number of allylic oxidation sites excluding steroid dienone is 3. The number of nitrogens with one attached hydrogen (secondary N) is 1. The van der Waals surface area contributed by atoms with Crippen molar-refractivity contribution in [2.75, 3.05) is 39.2 Å². The summed E-state index contributed by atoms with van der Waals surface area (Å²) in [6, 6.07) is 14.2. The predicted molar refractivity (Wildman–Crippen MR) is 135 cm³/mol. The highest BCUT2D eigenvalue weighted by Crippen LogP contribution is 2.30. The van der Waals surface area contributed by atoms with Gasteiger partial charge in [-0.05, 0) is 62.3 Å². The summed E-state index contributed by atoms with van der Waals surface area (Å²) in [5.41, 5.74) is 5.07. The van der Waals surface area contributed by atoms with Crippen LogP contribution in [0, 0.1) is 0 Å². The first-order valence-corrected chi connectivity index (χ1v) is 11.8. The monoisotopic (exact) mass is 457 g/mol. The summed E-state index contributed by atoms with van der Waals surface area (Å²) in [6.07, 6.45) is 12.6. The number of pyridine rings is 1. The Bertz CT molecular complexity index is 1230. The lowest BCUT2D eigenvalue weighted by Gasteiger charge is -2.32. The summed E-state index contributed by atoms with van der Waals surface area (Å²) in [7, 11) is 4.11. The van der Waals surface area contributed by atoms with Gasteiger partial charge in [-0.25, -0.2) is 4.52 Å². The molecule has 2 aromatic heterocycles. The van der Waals surface area contributed by atoms with Gasteiger partial charge in [0.25, 0.3) is 0 Å². The zero-order valence-electron chi connectivity index (χ0n) is 19.7. The van der Waals surface area contributed by atoms with E-state index < -0.39 is 0 Å². The predicted octanol–water partition coefficient (Wildman–Crippen LogP) is 4.78. The van der Waals surface area contributed by atoms with Crippen molar-refractivity contribution in [3.05, 3.63) is 83.6 Å². The maximum Gasteiger partial charge on any atom is 0.247 e. The van der Waals surface area contributed by atoms with Crippen molar-refractivity contribution in [3.63, 3.8) is 0 Å². The zero-order chi connectivity index (χ0) is 23.3. The molecule has 7 nitrogen and oxygen atoms in total. The number of hydrogen-bond acceptors (Lipinski definition) is 6. The van der Waals surface area contributed by atoms with Crippen molar-refractivity contribution in [1.82, 2.24) is 19.5 Å². The van der Waals surface area contributed by atoms with Crippen LogP contribution in [0.15, 0.2) is 72.3 Å². The van der Waals surface area contributed by atoms with E-state index in [0.29, 0.717) is 19.2 Å². The third kappa shape index (κ3) is 5.28. The molecule has 1 saturated heterocycles. The van der Waals surface area contributed by atoms with Crippen LogP contribution in [0.4, 0.5) is 11.6 Å². The van der Waals surface area contributed by atoms with Crippen molar-refractivity contribution >= 4 is 23.4 Å². The molecule has 1 aliphatic carbocycles. The summed E-state index contributed by atoms with van der Waals surface area (Å²) >= 11 is 0. The highest BCUT2D eigenvalue weighted by Gasteiger charge is 2.29. The van der Waals surface area contributed by atoms with E-state index in [0.717, 1.165) is 42.0 Å². The Kier molecular flexibility index (Phi) is 6.85. The quantitative estimate of drug-likeness (QED) is 0.551. The highest BCUT2D eigenvalue weighted by molar-refractivity contribution is 5.62. The van der Waals surface area contributed by atoms with Gasteiger partial charge in [0.15, 0.2) is 5.65 Å². The molecule has 0 bridgehead atoms. The van der Waals surface area contributed by atoms with Crippen LogP contribution in [0.2, 0.25) is 0 Å². The Labute approximate surface area is 200 Å². The SMILES string of the molecule is CN(C)CC=Cc1cccc(Nc2nc3cccc(C4COCC(C5=CC=CCC5)O4)n3n2)c1. The summed E-state index contributed by atoms with van der Waals surface area (Å²) in [5.74, 6) is 0.551. The van der Waals surface area contributed by atoms with Gasteiger partial charge in [-0.1, -0.05) is 48.6 Å². The average Bonchev–Trinajstić information content (AvgIpc) is 3.27. The average molecular weight is 458 g/mol. The van der Waals surface area contributed by atoms with E-state index in [2.05, 4.69) is 71.8 Å². The van der Waals surface area contributed by atoms with Crippen molar-refractivity contribution < 1.29 is 9.47 Å². The molecule has 1 aliphatic heterocycles. The molecule has 2 unspecified atom stereocenters. The number of fused-ring (bicyclic) bond motifs is 1. The van der Waals surface area contributed by atoms with Gasteiger partial charge in [-0.15, -0.1) is 5.10 Å². The van der Waals surface area contributed by atoms with E-state index in [1.165, 1.54) is 5.57 Å². The van der Waals surface area contributed by atoms with Gasteiger partial charge in [0.2, 0.25) is 5.95 Å². The molecule has 0 spiro atoms. The first-order valence-electron chi connectivity index (χ1n) is 11.8. The molecular weight excluding hydrogens is 426 g/mol. The Balaban J connectivity index is 1.34. The van der Waals surface area contributed by atoms with Gasteiger partial charge >= 0.3 is 0 Å². The molecule has 3 heterocycles. The molecule has 34 heavy (non-hydrogen) atoms. The summed E-state index contributed by atoms with van der Waals surface area (Å²) in [6.45, 7) is 1.99. The fraction of sp³-hybridized carbons (Fsp3) is 0.333. The highest BCUT2D eigenvalue weighted by atomic mass is 16.6. The van der Waals surface area contributed by atoms with Crippen molar-refractivity contribution in [1.29, 1.82) is 0 Å². The second kappa shape index (κ2) is 10.3. The lowest BCUT2D eigenvalue weighted by Crippen LogP contribution is -2.33. The minimum Gasteiger partial charge on any atom is -0.375 e. The second-order valence-corrected chi connectivity index (χ2v) is 8.93. The number of likely N-dealkylation sites (N-methyl/N-ethyl adjacent to an activating group) is 1. The van der Waals surface area contributed by atoms with Gasteiger partial charge in [0.05, 0.1) is 18.9 Å². The van der Waals surface area contributed by atoms with Gasteiger partial charge in [-0.3, -0.25) is 0 Å². The Morgan fingerprint density at radius 3 is 2.88 bits per heavy atom. The lowest BCUT2D eigenvalue weighted by atomic mass is 9.99. The van der Waals surface area contributed by atoms with E-state index in [4.69, 9.17) is 14.6 Å². The standard InChI is InChI=1S/C27H31N5O2/c1-31(2)16-8-10-20-9-6-13-22(17-20)28-27-29-26-15-7-14-23(32(26)30-27)25-19-33-18-24(34-25)21-11-4-3-5-12-21/h3-4,6-11,13-15,17,24-25H,5,12,16,18-19H2,1-2H3,(H,28,30). The molecule has 0 saturated carbocycles. The molecule has 5 rings (SSSR count). The Morgan fingerprint density at radius 2 is 2.03 bits per heavy atom. The third-order valence-electron chi connectivity index (χ3n) is 5.97. The second-order valence-electron chi connectivity index (χ2n) is 8.93. The first-order chi connectivity index (χ1) is 16.7. The molecule has 1 aromatic carbocycles. The maximum absolute atomic E-state index is 6.47. The number of ether oxygens (including phenoxy) is 2. The Morgan fingerprint density at radius 1 is 1.15 bits per heavy atom. The van der Waals surface area contributed by atoms with Crippen LogP contribution in [0.5, 0.6) is 0 Å². The van der Waals surface area contributed by atoms with Crippen LogP contribution >= 0.6 is 0 Å². The van der Waals surface area contributed by atoms with Crippen LogP contribution in [-0.2, 0) is 9.47 Å². The van der Waals surface area contributed by atoms with E-state index in [1.807, 2.05) is 34.8 Å². The van der Waals surface area contributed by atoms with E-state index >= 15 is 0 Å². The molecule has 1 N–H and O–H groups in total. The number of anilines is 2. The zero-order valence-corrected chi connectivity index (χ0v) is 19.7. The van der Waals surface area contributed by atoms with Crippen LogP contribution in [-0.4, -0.2) is 59.5 Å². The van der Waals surface area contributed by atoms with Gasteiger partial charge in [-0.2, -0.15) is 4.98 Å². The lowest BCUT2D eigenvalue weighted by molar-refractivity contribution is -0.128. The van der Waals surface area contributed by atoms with Gasteiger partial charge < -0.3 is 19.7 Å². The van der Waals surface area contributed by atoms with Crippen molar-refractivity contribution in [2.24, 2.45) is 0 Å². The summed E-state index contributed by atoms with van der Waals surface area (Å²) in [4.78, 5) is 6.81. The normalized spacial score (nSPS) is 20.9. The summed E-state index contributed by atoms with van der Waals surface area (Å²) < 4.78 is 14.3. The number of aromatic nitrogens is 3. The third-order valence-corrected chi connectivity index (χ3v) is 5.97. The van der Waals surface area contributed by atoms with Crippen LogP contribution in [0.3, 0.4) is 0 Å². The topological polar surface area (TPSA) is 63.9 Å². The van der Waals surface area contributed by atoms with E-state index in [1.54, 1.807) is 0 Å². The van der Waals surface area contributed by atoms with E-state index in [-0.39, 0.29) is 12.2 Å². The number of nitrogens with zero attached hydrogens (tertiary/aromatic N) is 4. The van der Waals surface area contributed by atoms with E-state index in [9.17, 15) is 0 Å². The van der Waals surface area contributed by atoms with Crippen LogP contribution in [0.1, 0.15) is 30.2 Å².